The highest BCUT2D eigenvalue weighted by Crippen LogP contribution is 2.24. The number of hydrogen-bond acceptors (Lipinski definition) is 3. The van der Waals surface area contributed by atoms with Gasteiger partial charge in [0, 0.05) is 21.8 Å². The van der Waals surface area contributed by atoms with E-state index in [4.69, 9.17) is 0 Å². The van der Waals surface area contributed by atoms with Gasteiger partial charge >= 0.3 is 0 Å². The smallest absolute Gasteiger partial charge is 0.119 e. The molecule has 0 bridgehead atoms. The summed E-state index contributed by atoms with van der Waals surface area (Å²) in [4.78, 5) is 14.1. The Kier molecular flexibility index (Phi) is 3.14. The molecule has 2 aromatic carbocycles. The predicted octanol–water partition coefficient (Wildman–Crippen LogP) is 3.19. The number of para-hydroxylation sites is 2. The van der Waals surface area contributed by atoms with Crippen molar-refractivity contribution in [1.82, 2.24) is 19.9 Å². The summed E-state index contributed by atoms with van der Waals surface area (Å²) in [6, 6.07) is 16.8. The summed E-state index contributed by atoms with van der Waals surface area (Å²) in [5.74, 6) is 0. The van der Waals surface area contributed by atoms with Crippen LogP contribution in [-0.2, 0) is 0 Å². The molecule has 4 nitrogen and oxygen atoms in total. The molecule has 4 rings (SSSR count). The van der Waals surface area contributed by atoms with Gasteiger partial charge in [-0.1, -0.05) is 36.4 Å². The maximum absolute atomic E-state index is 3.56. The van der Waals surface area contributed by atoms with Gasteiger partial charge in [0.25, 0.3) is 0 Å². The molecule has 92 valence electrons. The number of H-pyrrole nitrogens is 1. The minimum Gasteiger partial charge on any atom is -0.355 e. The summed E-state index contributed by atoms with van der Waals surface area (Å²) in [7, 11) is 0. The van der Waals surface area contributed by atoms with E-state index in [-0.39, 0.29) is 0 Å². The molecule has 4 heteroatoms. The second-order valence-corrected chi connectivity index (χ2v) is 4.01. The van der Waals surface area contributed by atoms with Crippen molar-refractivity contribution < 1.29 is 0 Å². The largest absolute Gasteiger partial charge is 0.355 e. The average Bonchev–Trinajstić information content (AvgIpc) is 2.88. The molecular formula is C15H12N4. The molecular weight excluding hydrogens is 236 g/mol. The van der Waals surface area contributed by atoms with E-state index in [2.05, 4.69) is 68.5 Å². The zero-order valence-electron chi connectivity index (χ0n) is 10.2. The minimum atomic E-state index is 1.21. The van der Waals surface area contributed by atoms with Gasteiger partial charge in [0.2, 0.25) is 0 Å². The van der Waals surface area contributed by atoms with Gasteiger partial charge in [-0.05, 0) is 12.1 Å². The number of benzene rings is 2. The predicted molar refractivity (Wildman–Crippen MR) is 75.6 cm³/mol. The van der Waals surface area contributed by atoms with Crippen LogP contribution in [0.25, 0.3) is 21.8 Å². The highest BCUT2D eigenvalue weighted by atomic mass is 14.9. The van der Waals surface area contributed by atoms with Gasteiger partial charge in [-0.25, -0.2) is 15.0 Å². The number of hydrogen-bond donors (Lipinski definition) is 1. The van der Waals surface area contributed by atoms with Crippen molar-refractivity contribution in [2.45, 2.75) is 0 Å². The molecule has 0 atom stereocenters. The maximum Gasteiger partial charge on any atom is 0.119 e. The molecule has 0 aliphatic heterocycles. The summed E-state index contributed by atoms with van der Waals surface area (Å²) in [6.07, 6.45) is 4.31. The van der Waals surface area contributed by atoms with Crippen LogP contribution >= 0.6 is 0 Å². The summed E-state index contributed by atoms with van der Waals surface area (Å²) >= 11 is 0. The van der Waals surface area contributed by atoms with Crippen LogP contribution in [0.2, 0.25) is 0 Å². The van der Waals surface area contributed by atoms with E-state index < -0.39 is 0 Å². The first-order valence-electron chi connectivity index (χ1n) is 5.95. The first-order chi connectivity index (χ1) is 9.45. The summed E-state index contributed by atoms with van der Waals surface area (Å²) in [6.45, 7) is 0. The van der Waals surface area contributed by atoms with Crippen LogP contribution in [0.1, 0.15) is 0 Å². The van der Waals surface area contributed by atoms with Gasteiger partial charge in [-0.15, -0.1) is 0 Å². The van der Waals surface area contributed by atoms with E-state index in [1.54, 1.807) is 0 Å². The molecule has 2 heterocycles. The Morgan fingerprint density at radius 3 is 1.42 bits per heavy atom. The lowest BCUT2D eigenvalue weighted by Gasteiger charge is -1.87. The van der Waals surface area contributed by atoms with Crippen molar-refractivity contribution in [2.75, 3.05) is 0 Å². The van der Waals surface area contributed by atoms with Crippen LogP contribution in [0, 0.1) is 0 Å². The molecule has 0 fully saturated rings. The second kappa shape index (κ2) is 5.27. The van der Waals surface area contributed by atoms with Crippen molar-refractivity contribution >= 4 is 21.8 Å². The molecule has 4 aromatic rings. The first-order valence-corrected chi connectivity index (χ1v) is 5.95. The molecule has 0 amide bonds. The maximum atomic E-state index is 3.56. The van der Waals surface area contributed by atoms with E-state index >= 15 is 0 Å². The van der Waals surface area contributed by atoms with Crippen molar-refractivity contribution in [2.24, 2.45) is 0 Å². The van der Waals surface area contributed by atoms with E-state index in [0.29, 0.717) is 0 Å². The Balaban J connectivity index is 0.000000155. The Bertz CT molecular complexity index is 701. The monoisotopic (exact) mass is 248 g/mol. The molecule has 0 saturated heterocycles. The second-order valence-electron chi connectivity index (χ2n) is 4.01. The van der Waals surface area contributed by atoms with Crippen molar-refractivity contribution in [1.29, 1.82) is 0 Å². The highest BCUT2D eigenvalue weighted by Gasteiger charge is 2.00. The van der Waals surface area contributed by atoms with Crippen LogP contribution in [0.15, 0.2) is 67.5 Å². The van der Waals surface area contributed by atoms with Crippen LogP contribution in [0.5, 0.6) is 0 Å². The van der Waals surface area contributed by atoms with Crippen LogP contribution in [0.3, 0.4) is 0 Å². The fourth-order valence-corrected chi connectivity index (χ4v) is 2.00. The van der Waals surface area contributed by atoms with Crippen LogP contribution in [-0.4, -0.2) is 19.9 Å². The minimum absolute atomic E-state index is 1.21. The lowest BCUT2D eigenvalue weighted by Crippen LogP contribution is -1.73. The Morgan fingerprint density at radius 2 is 1.00 bits per heavy atom. The van der Waals surface area contributed by atoms with E-state index in [9.17, 15) is 0 Å². The lowest BCUT2D eigenvalue weighted by atomic mass is 10.2. The first kappa shape index (κ1) is 11.3. The number of aromatic nitrogens is 4. The van der Waals surface area contributed by atoms with Gasteiger partial charge < -0.3 is 4.98 Å². The quantitative estimate of drug-likeness (QED) is 0.520. The molecule has 0 radical (unpaired) electrons. The number of nitrogens with zero attached hydrogens (tertiary/aromatic N) is 3. The topological polar surface area (TPSA) is 54.5 Å². The summed E-state index contributed by atoms with van der Waals surface area (Å²) < 4.78 is 0. The summed E-state index contributed by atoms with van der Waals surface area (Å²) in [5.41, 5.74) is 2.42. The number of nitrogens with one attached hydrogen (secondary N) is 1. The zero-order valence-corrected chi connectivity index (χ0v) is 10.2. The molecule has 0 aliphatic rings. The Labute approximate surface area is 110 Å². The molecule has 0 spiro atoms. The Hall–Kier alpha value is -2.75. The van der Waals surface area contributed by atoms with Crippen molar-refractivity contribution in [3.05, 3.63) is 67.5 Å². The zero-order chi connectivity index (χ0) is 12.9. The fourth-order valence-electron chi connectivity index (χ4n) is 2.00. The molecule has 0 unspecified atom stereocenters. The standard InChI is InChI=1S/C12H9N.C3H3N3/c1-3-7-11-9(5-1)10-6-2-4-8-12(10)13-11;1-4-2-6-3-5-1/h1-8,13H;1-3H. The normalized spacial score (nSPS) is 10.1. The number of rotatable bonds is 0. The molecule has 2 aromatic heterocycles. The lowest BCUT2D eigenvalue weighted by molar-refractivity contribution is 1.05. The molecule has 1 N–H and O–H groups in total. The molecule has 19 heavy (non-hydrogen) atoms. The van der Waals surface area contributed by atoms with E-state index in [0.717, 1.165) is 0 Å². The van der Waals surface area contributed by atoms with Gasteiger partial charge in [-0.2, -0.15) is 0 Å². The molecule has 0 aliphatic carbocycles. The van der Waals surface area contributed by atoms with E-state index in [1.165, 1.54) is 40.8 Å². The van der Waals surface area contributed by atoms with E-state index in [1.807, 2.05) is 0 Å². The van der Waals surface area contributed by atoms with Crippen molar-refractivity contribution in [3.8, 4) is 0 Å². The van der Waals surface area contributed by atoms with Gasteiger partial charge in [0.05, 0.1) is 0 Å². The average molecular weight is 248 g/mol. The van der Waals surface area contributed by atoms with Crippen molar-refractivity contribution in [3.63, 3.8) is 0 Å². The van der Waals surface area contributed by atoms with Crippen LogP contribution in [0.4, 0.5) is 0 Å². The SMILES string of the molecule is c1ccc2c(c1)[nH]c1ccccc12.c1ncncn1. The van der Waals surface area contributed by atoms with Gasteiger partial charge in [0.1, 0.15) is 19.0 Å². The third-order valence-corrected chi connectivity index (χ3v) is 2.81. The van der Waals surface area contributed by atoms with Crippen LogP contribution < -0.4 is 0 Å². The summed E-state index contributed by atoms with van der Waals surface area (Å²) in [5, 5.41) is 2.61. The fraction of sp³-hybridized carbons (Fsp3) is 0. The highest BCUT2D eigenvalue weighted by molar-refractivity contribution is 6.06. The third kappa shape index (κ3) is 2.42. The molecule has 0 saturated carbocycles. The third-order valence-electron chi connectivity index (χ3n) is 2.81. The number of fused-ring (bicyclic) bond motifs is 3. The van der Waals surface area contributed by atoms with Gasteiger partial charge in [-0.3, -0.25) is 0 Å². The Morgan fingerprint density at radius 1 is 0.579 bits per heavy atom. The van der Waals surface area contributed by atoms with Gasteiger partial charge in [0.15, 0.2) is 0 Å². The number of aromatic amines is 1.